The summed E-state index contributed by atoms with van der Waals surface area (Å²) >= 11 is 0. The third-order valence-corrected chi connectivity index (χ3v) is 4.10. The number of nitrogens with zero attached hydrogens (tertiary/aromatic N) is 1. The van der Waals surface area contributed by atoms with Crippen molar-refractivity contribution in [1.29, 1.82) is 0 Å². The Bertz CT molecular complexity index is 735. The molecular weight excluding hydrogens is 278 g/mol. The summed E-state index contributed by atoms with van der Waals surface area (Å²) in [5.74, 6) is 0.349. The van der Waals surface area contributed by atoms with Crippen molar-refractivity contribution in [2.45, 2.75) is 26.5 Å². The molecule has 3 N–H and O–H groups in total. The van der Waals surface area contributed by atoms with Crippen LogP contribution in [0.4, 0.5) is 11.4 Å². The maximum absolute atomic E-state index is 12.1. The Morgan fingerprint density at radius 1 is 1.20 bits per heavy atom. The van der Waals surface area contributed by atoms with Crippen LogP contribution in [0.15, 0.2) is 22.7 Å². The van der Waals surface area contributed by atoms with Crippen LogP contribution in [-0.4, -0.2) is 13.6 Å². The molecule has 0 bridgehead atoms. The van der Waals surface area contributed by atoms with E-state index in [9.17, 15) is 8.42 Å². The molecular formula is C13H17N3O3S. The molecule has 1 heterocycles. The van der Waals surface area contributed by atoms with E-state index in [0.29, 0.717) is 22.8 Å². The zero-order chi connectivity index (χ0) is 14.9. The summed E-state index contributed by atoms with van der Waals surface area (Å²) in [7, 11) is -3.54. The standard InChI is InChI=1S/C13H17N3O3S/c1-8-5-13(9(2)4-12(8)14)16-20(17,18)7-11-6-10(3)19-15-11/h4-6,16H,7,14H2,1-3H3. The van der Waals surface area contributed by atoms with Crippen LogP contribution in [0.1, 0.15) is 22.6 Å². The van der Waals surface area contributed by atoms with Crippen molar-refractivity contribution in [3.63, 3.8) is 0 Å². The predicted molar refractivity (Wildman–Crippen MR) is 77.8 cm³/mol. The molecule has 2 aromatic rings. The van der Waals surface area contributed by atoms with Gasteiger partial charge in [-0.1, -0.05) is 5.16 Å². The van der Waals surface area contributed by atoms with E-state index in [2.05, 4.69) is 9.88 Å². The van der Waals surface area contributed by atoms with Crippen molar-refractivity contribution in [3.05, 3.63) is 40.8 Å². The highest BCUT2D eigenvalue weighted by Gasteiger charge is 2.16. The Hall–Kier alpha value is -2.02. The fourth-order valence-electron chi connectivity index (χ4n) is 1.83. The van der Waals surface area contributed by atoms with E-state index in [0.717, 1.165) is 11.1 Å². The second-order valence-corrected chi connectivity index (χ2v) is 6.54. The summed E-state index contributed by atoms with van der Waals surface area (Å²) in [5.41, 5.74) is 8.91. The lowest BCUT2D eigenvalue weighted by molar-refractivity contribution is 0.392. The van der Waals surface area contributed by atoms with Crippen molar-refractivity contribution in [2.75, 3.05) is 10.5 Å². The van der Waals surface area contributed by atoms with Crippen LogP contribution in [0, 0.1) is 20.8 Å². The number of nitrogens with one attached hydrogen (secondary N) is 1. The van der Waals surface area contributed by atoms with Crippen LogP contribution in [0.25, 0.3) is 0 Å². The molecule has 0 saturated heterocycles. The maximum atomic E-state index is 12.1. The van der Waals surface area contributed by atoms with E-state index < -0.39 is 10.0 Å². The minimum Gasteiger partial charge on any atom is -0.399 e. The van der Waals surface area contributed by atoms with Crippen LogP contribution in [-0.2, 0) is 15.8 Å². The average molecular weight is 295 g/mol. The van der Waals surface area contributed by atoms with Crippen LogP contribution >= 0.6 is 0 Å². The van der Waals surface area contributed by atoms with Crippen LogP contribution in [0.2, 0.25) is 0 Å². The number of nitrogens with two attached hydrogens (primary N) is 1. The molecule has 6 nitrogen and oxygen atoms in total. The highest BCUT2D eigenvalue weighted by atomic mass is 32.2. The zero-order valence-electron chi connectivity index (χ0n) is 11.6. The molecule has 0 atom stereocenters. The first kappa shape index (κ1) is 14.4. The minimum absolute atomic E-state index is 0.229. The smallest absolute Gasteiger partial charge is 0.238 e. The third-order valence-electron chi connectivity index (χ3n) is 2.89. The van der Waals surface area contributed by atoms with E-state index in [4.69, 9.17) is 10.3 Å². The van der Waals surface area contributed by atoms with Gasteiger partial charge in [-0.3, -0.25) is 4.72 Å². The summed E-state index contributed by atoms with van der Waals surface area (Å²) in [6, 6.07) is 5.06. The van der Waals surface area contributed by atoms with Gasteiger partial charge in [-0.2, -0.15) is 0 Å². The Balaban J connectivity index is 2.22. The lowest BCUT2D eigenvalue weighted by Gasteiger charge is -2.12. The number of hydrogen-bond donors (Lipinski definition) is 2. The topological polar surface area (TPSA) is 98.2 Å². The van der Waals surface area contributed by atoms with Gasteiger partial charge in [-0.25, -0.2) is 8.42 Å². The van der Waals surface area contributed by atoms with Crippen LogP contribution < -0.4 is 10.5 Å². The number of nitrogen functional groups attached to an aromatic ring is 1. The first-order valence-corrected chi connectivity index (χ1v) is 7.71. The molecule has 0 aliphatic carbocycles. The van der Waals surface area contributed by atoms with Gasteiger partial charge in [0.2, 0.25) is 10.0 Å². The van der Waals surface area contributed by atoms with Gasteiger partial charge in [-0.05, 0) is 44.0 Å². The van der Waals surface area contributed by atoms with Gasteiger partial charge in [0.1, 0.15) is 17.2 Å². The number of aromatic nitrogens is 1. The molecule has 108 valence electrons. The van der Waals surface area contributed by atoms with Crippen LogP contribution in [0.3, 0.4) is 0 Å². The van der Waals surface area contributed by atoms with E-state index in [1.807, 2.05) is 6.92 Å². The Morgan fingerprint density at radius 2 is 1.90 bits per heavy atom. The highest BCUT2D eigenvalue weighted by Crippen LogP contribution is 2.23. The largest absolute Gasteiger partial charge is 0.399 e. The summed E-state index contributed by atoms with van der Waals surface area (Å²) in [6.45, 7) is 5.34. The van der Waals surface area contributed by atoms with Crippen molar-refractivity contribution in [1.82, 2.24) is 5.16 Å². The number of anilines is 2. The maximum Gasteiger partial charge on any atom is 0.238 e. The normalized spacial score (nSPS) is 11.6. The lowest BCUT2D eigenvalue weighted by Crippen LogP contribution is -2.16. The number of hydrogen-bond acceptors (Lipinski definition) is 5. The summed E-state index contributed by atoms with van der Waals surface area (Å²) in [5, 5.41) is 3.68. The number of aryl methyl sites for hydroxylation is 3. The third kappa shape index (κ3) is 3.30. The molecule has 0 aliphatic heterocycles. The summed E-state index contributed by atoms with van der Waals surface area (Å²) < 4.78 is 31.6. The van der Waals surface area contributed by atoms with E-state index in [1.165, 1.54) is 0 Å². The second-order valence-electron chi connectivity index (χ2n) is 4.81. The quantitative estimate of drug-likeness (QED) is 0.842. The molecule has 1 aromatic carbocycles. The van der Waals surface area contributed by atoms with Crippen molar-refractivity contribution < 1.29 is 12.9 Å². The van der Waals surface area contributed by atoms with Gasteiger partial charge in [0, 0.05) is 11.8 Å². The van der Waals surface area contributed by atoms with Crippen molar-refractivity contribution in [2.24, 2.45) is 0 Å². The number of rotatable bonds is 4. The molecule has 1 aromatic heterocycles. The van der Waals surface area contributed by atoms with Gasteiger partial charge in [0.15, 0.2) is 0 Å². The highest BCUT2D eigenvalue weighted by molar-refractivity contribution is 7.91. The molecule has 20 heavy (non-hydrogen) atoms. The molecule has 0 radical (unpaired) electrons. The fourth-order valence-corrected chi connectivity index (χ4v) is 2.99. The Labute approximate surface area is 118 Å². The molecule has 0 aliphatic rings. The fraction of sp³-hybridized carbons (Fsp3) is 0.308. The number of benzene rings is 1. The number of sulfonamides is 1. The zero-order valence-corrected chi connectivity index (χ0v) is 12.4. The van der Waals surface area contributed by atoms with E-state index >= 15 is 0 Å². The minimum atomic E-state index is -3.54. The van der Waals surface area contributed by atoms with Crippen LogP contribution in [0.5, 0.6) is 0 Å². The molecule has 0 fully saturated rings. The molecule has 0 spiro atoms. The molecule has 0 unspecified atom stereocenters. The van der Waals surface area contributed by atoms with Gasteiger partial charge in [0.05, 0.1) is 5.69 Å². The molecule has 7 heteroatoms. The van der Waals surface area contributed by atoms with E-state index in [1.54, 1.807) is 32.0 Å². The Kier molecular flexibility index (Phi) is 3.71. The monoisotopic (exact) mass is 295 g/mol. The Morgan fingerprint density at radius 3 is 2.50 bits per heavy atom. The van der Waals surface area contributed by atoms with Crippen molar-refractivity contribution in [3.8, 4) is 0 Å². The van der Waals surface area contributed by atoms with Gasteiger partial charge in [0.25, 0.3) is 0 Å². The first-order chi connectivity index (χ1) is 9.27. The van der Waals surface area contributed by atoms with Gasteiger partial charge < -0.3 is 10.3 Å². The SMILES string of the molecule is Cc1cc(CS(=O)(=O)Nc2cc(C)c(N)cc2C)no1. The van der Waals surface area contributed by atoms with E-state index in [-0.39, 0.29) is 5.75 Å². The predicted octanol–water partition coefficient (Wildman–Crippen LogP) is 2.12. The second kappa shape index (κ2) is 5.16. The van der Waals surface area contributed by atoms with Gasteiger partial charge in [-0.15, -0.1) is 0 Å². The molecule has 0 saturated carbocycles. The molecule has 0 amide bonds. The summed E-state index contributed by atoms with van der Waals surface area (Å²) in [6.07, 6.45) is 0. The van der Waals surface area contributed by atoms with Gasteiger partial charge >= 0.3 is 0 Å². The molecule has 2 rings (SSSR count). The lowest BCUT2D eigenvalue weighted by atomic mass is 10.1. The average Bonchev–Trinajstić information content (AvgIpc) is 2.70. The first-order valence-electron chi connectivity index (χ1n) is 6.06. The summed E-state index contributed by atoms with van der Waals surface area (Å²) in [4.78, 5) is 0. The van der Waals surface area contributed by atoms with Crippen molar-refractivity contribution >= 4 is 21.4 Å².